The van der Waals surface area contributed by atoms with E-state index >= 15 is 0 Å². The van der Waals surface area contributed by atoms with Gasteiger partial charge in [0, 0.05) is 14.6 Å². The molecule has 0 aliphatic carbocycles. The minimum Gasteiger partial charge on any atom is -0.395 e. The molecule has 0 heterocycles. The van der Waals surface area contributed by atoms with Gasteiger partial charge in [-0.1, -0.05) is 28.9 Å². The van der Waals surface area contributed by atoms with Crippen LogP contribution >= 0.6 is 27.7 Å². The summed E-state index contributed by atoms with van der Waals surface area (Å²) in [4.78, 5) is 1.09. The van der Waals surface area contributed by atoms with E-state index in [4.69, 9.17) is 10.2 Å². The Morgan fingerprint density at radius 2 is 2.14 bits per heavy atom. The second-order valence-corrected chi connectivity index (χ2v) is 5.39. The molecule has 0 aromatic heterocycles. The largest absolute Gasteiger partial charge is 0.395 e. The van der Waals surface area contributed by atoms with E-state index in [0.717, 1.165) is 14.9 Å². The van der Waals surface area contributed by atoms with Gasteiger partial charge in [0.25, 0.3) is 0 Å². The topological polar surface area (TPSA) is 40.5 Å². The molecule has 0 radical (unpaired) electrons. The Morgan fingerprint density at radius 1 is 1.43 bits per heavy atom. The number of benzene rings is 1. The summed E-state index contributed by atoms with van der Waals surface area (Å²) in [6, 6.07) is 5.80. The van der Waals surface area contributed by atoms with Gasteiger partial charge in [0.2, 0.25) is 0 Å². The van der Waals surface area contributed by atoms with Crippen molar-refractivity contribution < 1.29 is 10.2 Å². The van der Waals surface area contributed by atoms with Crippen LogP contribution in [0.1, 0.15) is 12.5 Å². The van der Waals surface area contributed by atoms with Gasteiger partial charge in [-0.2, -0.15) is 0 Å². The fraction of sp³-hybridized carbons (Fsp3) is 0.400. The summed E-state index contributed by atoms with van der Waals surface area (Å²) < 4.78 is 0.912. The van der Waals surface area contributed by atoms with Crippen molar-refractivity contribution in [2.24, 2.45) is 0 Å². The fourth-order valence-electron chi connectivity index (χ4n) is 0.999. The van der Waals surface area contributed by atoms with Gasteiger partial charge in [-0.25, -0.2) is 0 Å². The highest BCUT2D eigenvalue weighted by Crippen LogP contribution is 2.27. The molecule has 0 saturated heterocycles. The first-order valence-electron chi connectivity index (χ1n) is 4.34. The van der Waals surface area contributed by atoms with E-state index in [1.165, 1.54) is 0 Å². The quantitative estimate of drug-likeness (QED) is 0.830. The second kappa shape index (κ2) is 5.75. The van der Waals surface area contributed by atoms with Gasteiger partial charge in [0.15, 0.2) is 0 Å². The summed E-state index contributed by atoms with van der Waals surface area (Å²) >= 11 is 5.00. The zero-order chi connectivity index (χ0) is 10.6. The molecule has 2 nitrogen and oxygen atoms in total. The third-order valence-corrected chi connectivity index (χ3v) is 3.60. The number of rotatable bonds is 4. The highest BCUT2D eigenvalue weighted by Gasteiger charge is 2.05. The highest BCUT2D eigenvalue weighted by molar-refractivity contribution is 9.10. The van der Waals surface area contributed by atoms with Crippen LogP contribution in [0.15, 0.2) is 27.6 Å². The van der Waals surface area contributed by atoms with Gasteiger partial charge in [-0.15, -0.1) is 11.8 Å². The highest BCUT2D eigenvalue weighted by atomic mass is 79.9. The van der Waals surface area contributed by atoms with E-state index in [1.54, 1.807) is 11.8 Å². The molecule has 0 spiro atoms. The van der Waals surface area contributed by atoms with Crippen LogP contribution in [-0.4, -0.2) is 22.1 Å². The van der Waals surface area contributed by atoms with Crippen LogP contribution in [0.3, 0.4) is 0 Å². The summed E-state index contributed by atoms with van der Waals surface area (Å²) in [5.74, 6) is 0. The van der Waals surface area contributed by atoms with E-state index in [2.05, 4.69) is 15.9 Å². The molecule has 14 heavy (non-hydrogen) atoms. The molecule has 0 amide bonds. The first kappa shape index (κ1) is 12.0. The molecule has 1 unspecified atom stereocenters. The monoisotopic (exact) mass is 276 g/mol. The summed E-state index contributed by atoms with van der Waals surface area (Å²) in [5, 5.41) is 18.1. The fourth-order valence-corrected chi connectivity index (χ4v) is 2.53. The number of halogens is 1. The Kier molecular flexibility index (Phi) is 4.95. The van der Waals surface area contributed by atoms with Gasteiger partial charge in [0.05, 0.1) is 13.2 Å². The second-order valence-electron chi connectivity index (χ2n) is 3.02. The predicted molar refractivity (Wildman–Crippen MR) is 62.5 cm³/mol. The molecule has 1 aromatic carbocycles. The summed E-state index contributed by atoms with van der Waals surface area (Å²) in [7, 11) is 0. The first-order chi connectivity index (χ1) is 6.67. The van der Waals surface area contributed by atoms with E-state index in [0.29, 0.717) is 0 Å². The van der Waals surface area contributed by atoms with Crippen molar-refractivity contribution in [1.82, 2.24) is 0 Å². The standard InChI is InChI=1S/C10H13BrO2S/c1-7(5-12)14-9-3-2-8(6-13)10(11)4-9/h2-4,7,12-13H,5-6H2,1H3. The lowest BCUT2D eigenvalue weighted by Crippen LogP contribution is -2.01. The molecule has 0 bridgehead atoms. The molecule has 1 atom stereocenters. The van der Waals surface area contributed by atoms with Gasteiger partial charge in [0.1, 0.15) is 0 Å². The van der Waals surface area contributed by atoms with Crippen molar-refractivity contribution in [3.63, 3.8) is 0 Å². The van der Waals surface area contributed by atoms with Crippen LogP contribution < -0.4 is 0 Å². The SMILES string of the molecule is CC(CO)Sc1ccc(CO)c(Br)c1. The van der Waals surface area contributed by atoms with Crippen LogP contribution in [0.4, 0.5) is 0 Å². The van der Waals surface area contributed by atoms with E-state index in [9.17, 15) is 0 Å². The molecular formula is C10H13BrO2S. The van der Waals surface area contributed by atoms with Crippen LogP contribution in [0, 0.1) is 0 Å². The van der Waals surface area contributed by atoms with E-state index in [1.807, 2.05) is 25.1 Å². The van der Waals surface area contributed by atoms with Crippen molar-refractivity contribution in [2.75, 3.05) is 6.61 Å². The average Bonchev–Trinajstić information content (AvgIpc) is 2.18. The number of hydrogen-bond donors (Lipinski definition) is 2. The van der Waals surface area contributed by atoms with Crippen molar-refractivity contribution in [2.45, 2.75) is 23.7 Å². The predicted octanol–water partition coefficient (Wildman–Crippen LogP) is 2.41. The Morgan fingerprint density at radius 3 is 2.64 bits per heavy atom. The number of hydrogen-bond acceptors (Lipinski definition) is 3. The molecular weight excluding hydrogens is 264 g/mol. The molecule has 4 heteroatoms. The van der Waals surface area contributed by atoms with Crippen LogP contribution in [-0.2, 0) is 6.61 Å². The van der Waals surface area contributed by atoms with Gasteiger partial charge in [-0.05, 0) is 17.7 Å². The summed E-state index contributed by atoms with van der Waals surface area (Å²) in [6.07, 6.45) is 0. The van der Waals surface area contributed by atoms with Crippen LogP contribution in [0.5, 0.6) is 0 Å². The molecule has 0 aliphatic heterocycles. The van der Waals surface area contributed by atoms with Crippen molar-refractivity contribution >= 4 is 27.7 Å². The van der Waals surface area contributed by atoms with Gasteiger partial charge < -0.3 is 10.2 Å². The normalized spacial score (nSPS) is 12.9. The van der Waals surface area contributed by atoms with E-state index in [-0.39, 0.29) is 18.5 Å². The van der Waals surface area contributed by atoms with Gasteiger partial charge in [-0.3, -0.25) is 0 Å². The first-order valence-corrected chi connectivity index (χ1v) is 6.01. The molecule has 2 N–H and O–H groups in total. The Bertz CT molecular complexity index is 304. The minimum atomic E-state index is 0.0427. The zero-order valence-electron chi connectivity index (χ0n) is 7.90. The molecule has 1 aromatic rings. The molecule has 0 saturated carbocycles. The number of thioether (sulfide) groups is 1. The van der Waals surface area contributed by atoms with Gasteiger partial charge >= 0.3 is 0 Å². The maximum absolute atomic E-state index is 8.96. The average molecular weight is 277 g/mol. The lowest BCUT2D eigenvalue weighted by Gasteiger charge is -2.09. The molecule has 78 valence electrons. The van der Waals surface area contributed by atoms with Crippen molar-refractivity contribution in [3.05, 3.63) is 28.2 Å². The maximum Gasteiger partial charge on any atom is 0.0692 e. The Balaban J connectivity index is 2.76. The smallest absolute Gasteiger partial charge is 0.0692 e. The van der Waals surface area contributed by atoms with Crippen LogP contribution in [0.25, 0.3) is 0 Å². The third-order valence-electron chi connectivity index (χ3n) is 1.79. The zero-order valence-corrected chi connectivity index (χ0v) is 10.3. The van der Waals surface area contributed by atoms with Crippen LogP contribution in [0.2, 0.25) is 0 Å². The summed E-state index contributed by atoms with van der Waals surface area (Å²) in [5.41, 5.74) is 0.881. The summed E-state index contributed by atoms with van der Waals surface area (Å²) in [6.45, 7) is 2.18. The van der Waals surface area contributed by atoms with Crippen molar-refractivity contribution in [3.8, 4) is 0 Å². The minimum absolute atomic E-state index is 0.0427. The lowest BCUT2D eigenvalue weighted by molar-refractivity contribution is 0.281. The number of aliphatic hydroxyl groups is 2. The molecule has 0 aliphatic rings. The third kappa shape index (κ3) is 3.28. The Labute approximate surface area is 96.5 Å². The Hall–Kier alpha value is -0.0300. The lowest BCUT2D eigenvalue weighted by atomic mass is 10.2. The van der Waals surface area contributed by atoms with E-state index < -0.39 is 0 Å². The molecule has 1 rings (SSSR count). The number of aliphatic hydroxyl groups excluding tert-OH is 2. The maximum atomic E-state index is 8.96. The van der Waals surface area contributed by atoms with Crippen molar-refractivity contribution in [1.29, 1.82) is 0 Å². The molecule has 0 fully saturated rings.